The first kappa shape index (κ1) is 14.4. The highest BCUT2D eigenvalue weighted by Crippen LogP contribution is 2.39. The number of hydrogen-bond acceptors (Lipinski definition) is 3. The van der Waals surface area contributed by atoms with Crippen LogP contribution in [0.15, 0.2) is 30.5 Å². The molecule has 1 amide bonds. The summed E-state index contributed by atoms with van der Waals surface area (Å²) in [7, 11) is 0. The van der Waals surface area contributed by atoms with E-state index < -0.39 is 17.5 Å². The molecule has 1 aliphatic carbocycles. The summed E-state index contributed by atoms with van der Waals surface area (Å²) in [6.07, 6.45) is 3.02. The molecule has 1 aromatic carbocycles. The standard InChI is InChI=1S/C16H12ClF2N3O/c17-12-2-1-3-13(19)14(12)22-8-21(10-4-5-10)15-11(16(22)23)6-9(18)7-20-15/h1-3,6-7,10H,4-5,8H2. The highest BCUT2D eigenvalue weighted by molar-refractivity contribution is 6.34. The number of halogens is 3. The van der Waals surface area contributed by atoms with Gasteiger partial charge in [-0.3, -0.25) is 9.69 Å². The van der Waals surface area contributed by atoms with Gasteiger partial charge in [-0.15, -0.1) is 0 Å². The number of fused-ring (bicyclic) bond motifs is 1. The van der Waals surface area contributed by atoms with E-state index in [1.807, 2.05) is 4.90 Å². The average Bonchev–Trinajstić information content (AvgIpc) is 3.34. The smallest absolute Gasteiger partial charge is 0.263 e. The maximum atomic E-state index is 14.2. The SMILES string of the molecule is O=C1c2cc(F)cnc2N(C2CC2)CN1c1c(F)cccc1Cl. The number of anilines is 2. The van der Waals surface area contributed by atoms with E-state index in [1.54, 1.807) is 0 Å². The zero-order valence-corrected chi connectivity index (χ0v) is 12.7. The fourth-order valence-electron chi connectivity index (χ4n) is 2.84. The van der Waals surface area contributed by atoms with Crippen molar-refractivity contribution in [2.24, 2.45) is 0 Å². The Balaban J connectivity index is 1.85. The van der Waals surface area contributed by atoms with Crippen molar-refractivity contribution in [2.45, 2.75) is 18.9 Å². The maximum Gasteiger partial charge on any atom is 0.263 e. The first-order chi connectivity index (χ1) is 11.1. The molecule has 0 spiro atoms. The van der Waals surface area contributed by atoms with Crippen molar-refractivity contribution < 1.29 is 13.6 Å². The van der Waals surface area contributed by atoms with Crippen LogP contribution in [0.25, 0.3) is 0 Å². The van der Waals surface area contributed by atoms with Gasteiger partial charge in [-0.25, -0.2) is 13.8 Å². The zero-order valence-electron chi connectivity index (χ0n) is 12.0. The minimum atomic E-state index is -0.602. The van der Waals surface area contributed by atoms with Gasteiger partial charge in [0.15, 0.2) is 0 Å². The van der Waals surface area contributed by atoms with E-state index in [0.717, 1.165) is 25.1 Å². The lowest BCUT2D eigenvalue weighted by molar-refractivity contribution is 0.0980. The molecule has 118 valence electrons. The predicted octanol–water partition coefficient (Wildman–Crippen LogP) is 3.60. The maximum absolute atomic E-state index is 14.2. The van der Waals surface area contributed by atoms with Crippen LogP contribution >= 0.6 is 11.6 Å². The first-order valence-corrected chi connectivity index (χ1v) is 7.62. The van der Waals surface area contributed by atoms with Gasteiger partial charge in [-0.05, 0) is 31.0 Å². The van der Waals surface area contributed by atoms with Gasteiger partial charge in [0, 0.05) is 6.04 Å². The molecule has 0 saturated heterocycles. The number of para-hydroxylation sites is 1. The molecule has 0 radical (unpaired) electrons. The minimum Gasteiger partial charge on any atom is -0.335 e. The molecular formula is C16H12ClF2N3O. The quantitative estimate of drug-likeness (QED) is 0.841. The third-order valence-electron chi connectivity index (χ3n) is 4.07. The second-order valence-electron chi connectivity index (χ2n) is 5.67. The van der Waals surface area contributed by atoms with Crippen LogP contribution in [-0.2, 0) is 0 Å². The molecule has 2 heterocycles. The van der Waals surface area contributed by atoms with E-state index in [1.165, 1.54) is 23.1 Å². The van der Waals surface area contributed by atoms with Crippen molar-refractivity contribution in [1.82, 2.24) is 4.98 Å². The Morgan fingerprint density at radius 3 is 2.74 bits per heavy atom. The number of hydrogen-bond donors (Lipinski definition) is 0. The number of benzene rings is 1. The minimum absolute atomic E-state index is 0.0136. The van der Waals surface area contributed by atoms with E-state index >= 15 is 0 Å². The van der Waals surface area contributed by atoms with Crippen LogP contribution in [0.3, 0.4) is 0 Å². The van der Waals surface area contributed by atoms with Crippen LogP contribution in [0.2, 0.25) is 5.02 Å². The molecule has 4 nitrogen and oxygen atoms in total. The Morgan fingerprint density at radius 2 is 2.04 bits per heavy atom. The number of rotatable bonds is 2. The van der Waals surface area contributed by atoms with Crippen LogP contribution < -0.4 is 9.80 Å². The molecule has 2 aliphatic rings. The summed E-state index contributed by atoms with van der Waals surface area (Å²) in [4.78, 5) is 19.9. The number of carbonyl (C=O) groups is 1. The van der Waals surface area contributed by atoms with Gasteiger partial charge in [0.05, 0.1) is 16.8 Å². The van der Waals surface area contributed by atoms with Crippen molar-refractivity contribution in [2.75, 3.05) is 16.5 Å². The van der Waals surface area contributed by atoms with Gasteiger partial charge in [0.2, 0.25) is 0 Å². The molecule has 1 aromatic heterocycles. The summed E-state index contributed by atoms with van der Waals surface area (Å²) >= 11 is 6.09. The van der Waals surface area contributed by atoms with Gasteiger partial charge in [0.25, 0.3) is 5.91 Å². The van der Waals surface area contributed by atoms with Gasteiger partial charge in [-0.1, -0.05) is 17.7 Å². The third-order valence-corrected chi connectivity index (χ3v) is 4.37. The van der Waals surface area contributed by atoms with E-state index in [2.05, 4.69) is 4.98 Å². The molecule has 23 heavy (non-hydrogen) atoms. The Bertz CT molecular complexity index is 790. The molecule has 0 unspecified atom stereocenters. The van der Waals surface area contributed by atoms with Crippen molar-refractivity contribution in [1.29, 1.82) is 0 Å². The second-order valence-corrected chi connectivity index (χ2v) is 6.08. The van der Waals surface area contributed by atoms with Gasteiger partial charge in [0.1, 0.15) is 29.8 Å². The summed E-state index contributed by atoms with van der Waals surface area (Å²) in [6, 6.07) is 5.61. The van der Waals surface area contributed by atoms with Crippen molar-refractivity contribution >= 4 is 29.0 Å². The molecule has 7 heteroatoms. The van der Waals surface area contributed by atoms with Gasteiger partial charge >= 0.3 is 0 Å². The highest BCUT2D eigenvalue weighted by Gasteiger charge is 2.40. The topological polar surface area (TPSA) is 36.4 Å². The van der Waals surface area contributed by atoms with Gasteiger partial charge < -0.3 is 4.90 Å². The fourth-order valence-corrected chi connectivity index (χ4v) is 3.11. The summed E-state index contributed by atoms with van der Waals surface area (Å²) in [5.74, 6) is -1.25. The number of nitrogens with zero attached hydrogens (tertiary/aromatic N) is 3. The van der Waals surface area contributed by atoms with Gasteiger partial charge in [-0.2, -0.15) is 0 Å². The van der Waals surface area contributed by atoms with E-state index in [4.69, 9.17) is 11.6 Å². The predicted molar refractivity (Wildman–Crippen MR) is 82.8 cm³/mol. The first-order valence-electron chi connectivity index (χ1n) is 7.24. The average molecular weight is 336 g/mol. The highest BCUT2D eigenvalue weighted by atomic mass is 35.5. The molecule has 1 aliphatic heterocycles. The normalized spacial score (nSPS) is 17.4. The number of carbonyl (C=O) groups excluding carboxylic acids is 1. The molecule has 2 aromatic rings. The second kappa shape index (κ2) is 5.16. The molecule has 1 fully saturated rings. The van der Waals surface area contributed by atoms with Crippen LogP contribution in [0.1, 0.15) is 23.2 Å². The van der Waals surface area contributed by atoms with Crippen LogP contribution in [0.4, 0.5) is 20.3 Å². The lowest BCUT2D eigenvalue weighted by Gasteiger charge is -2.37. The summed E-state index contributed by atoms with van der Waals surface area (Å²) in [6.45, 7) is 0.149. The molecular weight excluding hydrogens is 324 g/mol. The van der Waals surface area contributed by atoms with E-state index in [9.17, 15) is 13.6 Å². The number of pyridine rings is 1. The lowest BCUT2D eigenvalue weighted by atomic mass is 10.1. The Kier molecular flexibility index (Phi) is 3.23. The third kappa shape index (κ3) is 2.34. The van der Waals surface area contributed by atoms with Crippen molar-refractivity contribution in [3.05, 3.63) is 52.7 Å². The van der Waals surface area contributed by atoms with E-state index in [0.29, 0.717) is 5.82 Å². The molecule has 0 bridgehead atoms. The Labute approximate surface area is 136 Å². The van der Waals surface area contributed by atoms with Crippen LogP contribution in [-0.4, -0.2) is 23.6 Å². The fraction of sp³-hybridized carbons (Fsp3) is 0.250. The van der Waals surface area contributed by atoms with Crippen LogP contribution in [0, 0.1) is 11.6 Å². The lowest BCUT2D eigenvalue weighted by Crippen LogP contribution is -2.49. The number of aromatic nitrogens is 1. The molecule has 0 N–H and O–H groups in total. The molecule has 1 saturated carbocycles. The largest absolute Gasteiger partial charge is 0.335 e. The molecule has 0 atom stereocenters. The zero-order chi connectivity index (χ0) is 16.1. The van der Waals surface area contributed by atoms with Crippen molar-refractivity contribution in [3.8, 4) is 0 Å². The number of amides is 1. The van der Waals surface area contributed by atoms with Crippen LogP contribution in [0.5, 0.6) is 0 Å². The summed E-state index contributed by atoms with van der Waals surface area (Å²) in [5.41, 5.74) is 0.141. The Hall–Kier alpha value is -2.21. The molecule has 4 rings (SSSR count). The monoisotopic (exact) mass is 335 g/mol. The summed E-state index contributed by atoms with van der Waals surface area (Å²) < 4.78 is 27.8. The van der Waals surface area contributed by atoms with Crippen molar-refractivity contribution in [3.63, 3.8) is 0 Å². The summed E-state index contributed by atoms with van der Waals surface area (Å²) in [5, 5.41) is 0.141. The van der Waals surface area contributed by atoms with E-state index in [-0.39, 0.29) is 29.0 Å². The Morgan fingerprint density at radius 1 is 1.26 bits per heavy atom.